The van der Waals surface area contributed by atoms with Crippen molar-refractivity contribution >= 4 is 15.7 Å². The Kier molecular flexibility index (Phi) is 4.75. The minimum Gasteiger partial charge on any atom is -0.497 e. The Morgan fingerprint density at radius 2 is 1.84 bits per heavy atom. The molecule has 0 saturated heterocycles. The van der Waals surface area contributed by atoms with E-state index in [-0.39, 0.29) is 11.4 Å². The lowest BCUT2D eigenvalue weighted by Gasteiger charge is -2.33. The van der Waals surface area contributed by atoms with Gasteiger partial charge in [-0.2, -0.15) is 0 Å². The number of hydrogen-bond acceptors (Lipinski definition) is 4. The van der Waals surface area contributed by atoms with E-state index in [2.05, 4.69) is 13.8 Å². The van der Waals surface area contributed by atoms with Gasteiger partial charge in [-0.1, -0.05) is 32.0 Å². The van der Waals surface area contributed by atoms with Gasteiger partial charge in [0.25, 0.3) is 10.0 Å². The van der Waals surface area contributed by atoms with Gasteiger partial charge in [-0.05, 0) is 36.1 Å². The van der Waals surface area contributed by atoms with Gasteiger partial charge in [0.15, 0.2) is 0 Å². The molecule has 1 aliphatic rings. The number of aliphatic hydroxyl groups excluding tert-OH is 1. The van der Waals surface area contributed by atoms with Crippen molar-refractivity contribution in [3.63, 3.8) is 0 Å². The molecule has 134 valence electrons. The number of aliphatic hydroxyl groups is 1. The summed E-state index contributed by atoms with van der Waals surface area (Å²) >= 11 is 0. The van der Waals surface area contributed by atoms with E-state index < -0.39 is 16.1 Å². The summed E-state index contributed by atoms with van der Waals surface area (Å²) in [6, 6.07) is 12.1. The van der Waals surface area contributed by atoms with Gasteiger partial charge < -0.3 is 9.84 Å². The van der Waals surface area contributed by atoms with E-state index in [0.29, 0.717) is 29.3 Å². The predicted molar refractivity (Wildman–Crippen MR) is 97.6 cm³/mol. The molecule has 1 unspecified atom stereocenters. The van der Waals surface area contributed by atoms with Crippen molar-refractivity contribution in [3.8, 4) is 5.75 Å². The lowest BCUT2D eigenvalue weighted by Crippen LogP contribution is -2.36. The summed E-state index contributed by atoms with van der Waals surface area (Å²) in [5, 5.41) is 10.2. The molecule has 1 heterocycles. The number of methoxy groups -OCH3 is 1. The van der Waals surface area contributed by atoms with E-state index in [4.69, 9.17) is 4.74 Å². The Labute approximate surface area is 148 Å². The van der Waals surface area contributed by atoms with Crippen LogP contribution < -0.4 is 9.04 Å². The molecule has 6 heteroatoms. The number of nitrogens with zero attached hydrogens (tertiary/aromatic N) is 1. The monoisotopic (exact) mass is 361 g/mol. The van der Waals surface area contributed by atoms with Crippen molar-refractivity contribution in [2.45, 2.75) is 37.2 Å². The molecule has 0 bridgehead atoms. The maximum Gasteiger partial charge on any atom is 0.264 e. The molecular weight excluding hydrogens is 338 g/mol. The number of hydrogen-bond donors (Lipinski definition) is 1. The highest BCUT2D eigenvalue weighted by Gasteiger charge is 2.32. The first-order chi connectivity index (χ1) is 11.8. The van der Waals surface area contributed by atoms with Crippen LogP contribution in [0.15, 0.2) is 47.4 Å². The van der Waals surface area contributed by atoms with Crippen LogP contribution in [0.5, 0.6) is 5.75 Å². The SMILES string of the molecule is COc1ccc2c(c1)N(S(=O)(=O)c1ccc(C(C)C)cc1)CCC2O. The van der Waals surface area contributed by atoms with Gasteiger partial charge in [-0.15, -0.1) is 0 Å². The zero-order valence-electron chi connectivity index (χ0n) is 14.6. The molecule has 3 rings (SSSR count). The van der Waals surface area contributed by atoms with Crippen LogP contribution in [0.1, 0.15) is 43.4 Å². The van der Waals surface area contributed by atoms with Crippen LogP contribution in [-0.4, -0.2) is 27.2 Å². The summed E-state index contributed by atoms with van der Waals surface area (Å²) in [6.45, 7) is 4.37. The van der Waals surface area contributed by atoms with Gasteiger partial charge in [0.05, 0.1) is 23.8 Å². The topological polar surface area (TPSA) is 66.8 Å². The first kappa shape index (κ1) is 17.8. The third-order valence-electron chi connectivity index (χ3n) is 4.61. The third-order valence-corrected chi connectivity index (χ3v) is 6.43. The summed E-state index contributed by atoms with van der Waals surface area (Å²) in [5.41, 5.74) is 2.18. The van der Waals surface area contributed by atoms with Gasteiger partial charge in [-0.25, -0.2) is 8.42 Å². The van der Waals surface area contributed by atoms with Crippen molar-refractivity contribution in [1.82, 2.24) is 0 Å². The Morgan fingerprint density at radius 1 is 1.16 bits per heavy atom. The molecule has 1 aliphatic heterocycles. The fourth-order valence-corrected chi connectivity index (χ4v) is 4.56. The molecule has 0 aliphatic carbocycles. The fraction of sp³-hybridized carbons (Fsp3) is 0.368. The first-order valence-electron chi connectivity index (χ1n) is 8.33. The first-order valence-corrected chi connectivity index (χ1v) is 9.77. The lowest BCUT2D eigenvalue weighted by atomic mass is 10.0. The van der Waals surface area contributed by atoms with Gasteiger partial charge in [-0.3, -0.25) is 4.31 Å². The Balaban J connectivity index is 2.05. The quantitative estimate of drug-likeness (QED) is 0.906. The molecular formula is C19H23NO4S. The normalized spacial score (nSPS) is 17.5. The summed E-state index contributed by atoms with van der Waals surface area (Å²) in [7, 11) is -2.17. The van der Waals surface area contributed by atoms with E-state index in [9.17, 15) is 13.5 Å². The lowest BCUT2D eigenvalue weighted by molar-refractivity contribution is 0.166. The number of fused-ring (bicyclic) bond motifs is 1. The molecule has 1 atom stereocenters. The molecule has 2 aromatic carbocycles. The number of sulfonamides is 1. The van der Waals surface area contributed by atoms with Crippen LogP contribution in [-0.2, 0) is 10.0 Å². The molecule has 0 saturated carbocycles. The van der Waals surface area contributed by atoms with Gasteiger partial charge in [0, 0.05) is 18.2 Å². The molecule has 1 N–H and O–H groups in total. The molecule has 0 spiro atoms. The average Bonchev–Trinajstić information content (AvgIpc) is 2.61. The largest absolute Gasteiger partial charge is 0.497 e. The summed E-state index contributed by atoms with van der Waals surface area (Å²) < 4.78 is 32.9. The van der Waals surface area contributed by atoms with Crippen molar-refractivity contribution in [1.29, 1.82) is 0 Å². The molecule has 25 heavy (non-hydrogen) atoms. The number of rotatable bonds is 4. The number of benzene rings is 2. The molecule has 0 radical (unpaired) electrons. The maximum atomic E-state index is 13.1. The third kappa shape index (κ3) is 3.24. The Morgan fingerprint density at radius 3 is 2.44 bits per heavy atom. The Bertz CT molecular complexity index is 859. The fourth-order valence-electron chi connectivity index (χ4n) is 3.07. The van der Waals surface area contributed by atoms with Crippen molar-refractivity contribution in [2.75, 3.05) is 18.0 Å². The molecule has 0 amide bonds. The minimum atomic E-state index is -3.70. The van der Waals surface area contributed by atoms with Crippen LogP contribution in [0, 0.1) is 0 Å². The van der Waals surface area contributed by atoms with Crippen LogP contribution in [0.25, 0.3) is 0 Å². The van der Waals surface area contributed by atoms with Crippen LogP contribution in [0.3, 0.4) is 0 Å². The van der Waals surface area contributed by atoms with Crippen LogP contribution in [0.4, 0.5) is 5.69 Å². The maximum absolute atomic E-state index is 13.1. The highest BCUT2D eigenvalue weighted by Crippen LogP contribution is 2.39. The van der Waals surface area contributed by atoms with E-state index in [0.717, 1.165) is 5.56 Å². The van der Waals surface area contributed by atoms with E-state index >= 15 is 0 Å². The zero-order valence-corrected chi connectivity index (χ0v) is 15.5. The van der Waals surface area contributed by atoms with Crippen LogP contribution >= 0.6 is 0 Å². The van der Waals surface area contributed by atoms with Gasteiger partial charge >= 0.3 is 0 Å². The van der Waals surface area contributed by atoms with E-state index in [1.165, 1.54) is 11.4 Å². The van der Waals surface area contributed by atoms with E-state index in [1.807, 2.05) is 12.1 Å². The zero-order chi connectivity index (χ0) is 18.2. The molecule has 5 nitrogen and oxygen atoms in total. The second-order valence-corrected chi connectivity index (χ2v) is 8.39. The number of ether oxygens (including phenoxy) is 1. The Hall–Kier alpha value is -2.05. The van der Waals surface area contributed by atoms with Gasteiger partial charge in [0.2, 0.25) is 0 Å². The smallest absolute Gasteiger partial charge is 0.264 e. The van der Waals surface area contributed by atoms with Gasteiger partial charge in [0.1, 0.15) is 5.75 Å². The summed E-state index contributed by atoms with van der Waals surface area (Å²) in [6.07, 6.45) is -0.307. The average molecular weight is 361 g/mol. The predicted octanol–water partition coefficient (Wildman–Crippen LogP) is 3.45. The molecule has 0 aromatic heterocycles. The van der Waals surface area contributed by atoms with Crippen LogP contribution in [0.2, 0.25) is 0 Å². The van der Waals surface area contributed by atoms with Crippen molar-refractivity contribution in [2.24, 2.45) is 0 Å². The van der Waals surface area contributed by atoms with E-state index in [1.54, 1.807) is 30.3 Å². The van der Waals surface area contributed by atoms with Crippen molar-refractivity contribution < 1.29 is 18.3 Å². The highest BCUT2D eigenvalue weighted by atomic mass is 32.2. The minimum absolute atomic E-state index is 0.232. The molecule has 2 aromatic rings. The number of anilines is 1. The standard InChI is InChI=1S/C19H23NO4S/c1-13(2)14-4-7-16(8-5-14)25(22,23)20-11-10-19(21)17-9-6-15(24-3)12-18(17)20/h4-9,12-13,19,21H,10-11H2,1-3H3. The molecule has 0 fully saturated rings. The second-order valence-electron chi connectivity index (χ2n) is 6.53. The van der Waals surface area contributed by atoms with Crippen molar-refractivity contribution in [3.05, 3.63) is 53.6 Å². The highest BCUT2D eigenvalue weighted by molar-refractivity contribution is 7.92. The summed E-state index contributed by atoms with van der Waals surface area (Å²) in [5.74, 6) is 0.898. The second kappa shape index (κ2) is 6.69. The summed E-state index contributed by atoms with van der Waals surface area (Å²) in [4.78, 5) is 0.252.